The highest BCUT2D eigenvalue weighted by Crippen LogP contribution is 2.46. The molecule has 4 aliphatic heterocycles. The third-order valence-electron chi connectivity index (χ3n) is 11.7. The van der Waals surface area contributed by atoms with E-state index in [0.717, 1.165) is 22.1 Å². The molecule has 2 amide bonds. The maximum atomic E-state index is 14.4. The van der Waals surface area contributed by atoms with Crippen molar-refractivity contribution in [2.24, 2.45) is 0 Å². The number of phenols is 2. The molecular formula is C46H38Cl2F2N6O6. The highest BCUT2D eigenvalue weighted by atomic mass is 35.5. The first-order valence-corrected chi connectivity index (χ1v) is 20.5. The van der Waals surface area contributed by atoms with Gasteiger partial charge in [-0.25, -0.2) is 8.78 Å². The Morgan fingerprint density at radius 3 is 1.48 bits per heavy atom. The van der Waals surface area contributed by atoms with Crippen molar-refractivity contribution in [2.75, 3.05) is 62.3 Å². The quantitative estimate of drug-likeness (QED) is 0.168. The van der Waals surface area contributed by atoms with Crippen molar-refractivity contribution < 1.29 is 38.1 Å². The third-order valence-corrected chi connectivity index (χ3v) is 12.3. The number of phenolic OH excluding ortho intramolecular Hbond substituents is 2. The van der Waals surface area contributed by atoms with Crippen LogP contribution in [0, 0.1) is 11.6 Å². The predicted molar refractivity (Wildman–Crippen MR) is 234 cm³/mol. The molecule has 4 aliphatic rings. The van der Waals surface area contributed by atoms with Crippen LogP contribution in [-0.2, 0) is 9.59 Å². The van der Waals surface area contributed by atoms with Gasteiger partial charge in [0.1, 0.15) is 36.3 Å². The topological polar surface area (TPSA) is 132 Å². The lowest BCUT2D eigenvalue weighted by Crippen LogP contribution is -2.58. The average molecular weight is 880 g/mol. The number of hydrogen-bond donors (Lipinski definition) is 2. The van der Waals surface area contributed by atoms with Crippen molar-refractivity contribution in [3.05, 3.63) is 120 Å². The van der Waals surface area contributed by atoms with Gasteiger partial charge < -0.3 is 39.3 Å². The molecule has 0 bridgehead atoms. The van der Waals surface area contributed by atoms with Crippen molar-refractivity contribution in [1.82, 2.24) is 19.8 Å². The van der Waals surface area contributed by atoms with Gasteiger partial charge in [0.15, 0.2) is 11.5 Å². The second-order valence-electron chi connectivity index (χ2n) is 15.2. The van der Waals surface area contributed by atoms with E-state index in [1.165, 1.54) is 48.6 Å². The molecule has 0 unspecified atom stereocenters. The number of aromatic hydroxyl groups is 2. The molecule has 12 nitrogen and oxygen atoms in total. The van der Waals surface area contributed by atoms with Crippen LogP contribution in [0.3, 0.4) is 0 Å². The molecule has 16 heteroatoms. The fraction of sp³-hybridized carbons (Fsp3) is 0.217. The van der Waals surface area contributed by atoms with Gasteiger partial charge in [0.2, 0.25) is 11.8 Å². The molecule has 0 spiro atoms. The lowest BCUT2D eigenvalue weighted by Gasteiger charge is -2.45. The summed E-state index contributed by atoms with van der Waals surface area (Å²) in [5, 5.41) is 22.5. The molecule has 0 aliphatic carbocycles. The molecule has 316 valence electrons. The third kappa shape index (κ3) is 7.12. The Morgan fingerprint density at radius 1 is 0.677 bits per heavy atom. The normalized spacial score (nSPS) is 17.7. The molecule has 6 aromatic rings. The summed E-state index contributed by atoms with van der Waals surface area (Å²) >= 11 is 13.1. The van der Waals surface area contributed by atoms with Crippen molar-refractivity contribution in [3.63, 3.8) is 0 Å². The largest absolute Gasteiger partial charge is 0.507 e. The average Bonchev–Trinajstić information content (AvgIpc) is 3.28. The van der Waals surface area contributed by atoms with Gasteiger partial charge in [0.25, 0.3) is 0 Å². The fourth-order valence-corrected chi connectivity index (χ4v) is 9.24. The van der Waals surface area contributed by atoms with Gasteiger partial charge >= 0.3 is 0 Å². The number of anilines is 2. The minimum atomic E-state index is -0.564. The Bertz CT molecular complexity index is 2620. The number of carbonyl (C=O) groups is 2. The summed E-state index contributed by atoms with van der Waals surface area (Å²) in [6.45, 7) is 11.5. The minimum Gasteiger partial charge on any atom is -0.507 e. The first kappa shape index (κ1) is 40.7. The molecule has 2 fully saturated rings. The number of pyridine rings is 2. The van der Waals surface area contributed by atoms with Crippen molar-refractivity contribution >= 4 is 68.2 Å². The zero-order valence-corrected chi connectivity index (χ0v) is 34.5. The smallest absolute Gasteiger partial charge is 0.246 e. The lowest BCUT2D eigenvalue weighted by atomic mass is 9.99. The van der Waals surface area contributed by atoms with E-state index >= 15 is 0 Å². The Morgan fingerprint density at radius 2 is 1.10 bits per heavy atom. The number of halogens is 4. The summed E-state index contributed by atoms with van der Waals surface area (Å²) in [5.41, 5.74) is 3.75. The van der Waals surface area contributed by atoms with E-state index in [0.29, 0.717) is 96.2 Å². The van der Waals surface area contributed by atoms with E-state index in [2.05, 4.69) is 32.9 Å². The van der Waals surface area contributed by atoms with Crippen LogP contribution < -0.4 is 19.3 Å². The number of fused-ring (bicyclic) bond motifs is 10. The molecule has 2 aromatic heterocycles. The number of nitrogens with zero attached hydrogens (tertiary/aromatic N) is 6. The Labute approximate surface area is 364 Å². The molecule has 2 atom stereocenters. The summed E-state index contributed by atoms with van der Waals surface area (Å²) in [5.74, 6) is -0.410. The van der Waals surface area contributed by atoms with Gasteiger partial charge in [0.05, 0.1) is 58.0 Å². The predicted octanol–water partition coefficient (Wildman–Crippen LogP) is 7.99. The van der Waals surface area contributed by atoms with Crippen LogP contribution in [0.25, 0.3) is 44.1 Å². The first-order chi connectivity index (χ1) is 29.9. The second-order valence-corrected chi connectivity index (χ2v) is 16.0. The van der Waals surface area contributed by atoms with Crippen LogP contribution in [0.1, 0.15) is 0 Å². The van der Waals surface area contributed by atoms with Crippen molar-refractivity contribution in [1.29, 1.82) is 0 Å². The molecule has 4 aromatic carbocycles. The summed E-state index contributed by atoms with van der Waals surface area (Å²) < 4.78 is 40.8. The van der Waals surface area contributed by atoms with Crippen LogP contribution in [0.5, 0.6) is 23.0 Å². The zero-order chi connectivity index (χ0) is 43.4. The van der Waals surface area contributed by atoms with Crippen LogP contribution in [0.4, 0.5) is 20.2 Å². The van der Waals surface area contributed by atoms with Crippen LogP contribution in [0.15, 0.2) is 98.4 Å². The minimum absolute atomic E-state index is 0.00943. The molecule has 2 N–H and O–H groups in total. The summed E-state index contributed by atoms with van der Waals surface area (Å²) in [6.07, 6.45) is 5.94. The number of ether oxygens (including phenoxy) is 2. The Hall–Kier alpha value is -6.64. The van der Waals surface area contributed by atoms with E-state index in [1.54, 1.807) is 46.5 Å². The number of aromatic nitrogens is 2. The molecule has 10 rings (SSSR count). The Balaban J connectivity index is 0.000000158. The molecular weight excluding hydrogens is 841 g/mol. The summed E-state index contributed by atoms with van der Waals surface area (Å²) in [4.78, 5) is 41.0. The number of piperazine rings is 2. The van der Waals surface area contributed by atoms with Crippen LogP contribution in [0.2, 0.25) is 10.0 Å². The molecule has 0 saturated carbocycles. The highest BCUT2D eigenvalue weighted by molar-refractivity contribution is 6.35. The molecule has 2 saturated heterocycles. The SMILES string of the molecule is C=CC(=O)N1CCN2c3c(cnc4cc(-c5c(O)cccc5F)c(Cl)cc34)OC[C@H]2C1.C=CC(=O)N1CCN2c3c(cnc4cc(-c5c(O)cccc5F)c(Cl)cc34)OC[C@H]2C1. The molecule has 0 radical (unpaired) electrons. The van der Waals surface area contributed by atoms with Crippen molar-refractivity contribution in [3.8, 4) is 45.3 Å². The van der Waals surface area contributed by atoms with Gasteiger partial charge in [-0.15, -0.1) is 0 Å². The number of hydrogen-bond acceptors (Lipinski definition) is 10. The van der Waals surface area contributed by atoms with E-state index in [-0.39, 0.29) is 46.5 Å². The van der Waals surface area contributed by atoms with E-state index < -0.39 is 11.6 Å². The van der Waals surface area contributed by atoms with E-state index in [1.807, 2.05) is 0 Å². The summed E-state index contributed by atoms with van der Waals surface area (Å²) in [6, 6.07) is 15.1. The van der Waals surface area contributed by atoms with Crippen LogP contribution in [-0.4, -0.2) is 106 Å². The Kier molecular flexibility index (Phi) is 10.7. The number of benzene rings is 4. The number of amides is 2. The fourth-order valence-electron chi connectivity index (χ4n) is 8.72. The molecule has 6 heterocycles. The van der Waals surface area contributed by atoms with Gasteiger partial charge in [-0.05, 0) is 60.7 Å². The lowest BCUT2D eigenvalue weighted by molar-refractivity contribution is -0.127. The zero-order valence-electron chi connectivity index (χ0n) is 33.0. The standard InChI is InChI=1S/2C23H19ClFN3O3/c2*1-2-21(30)27-6-7-28-13(11-27)12-31-20-10-26-18-9-14(16(24)8-15(18)23(20)28)22-17(25)4-3-5-19(22)29/h2*2-5,8-10,13,29H,1,6-7,11-12H2/t2*13-/m11/s1. The van der Waals surface area contributed by atoms with Gasteiger partial charge in [-0.2, -0.15) is 0 Å². The summed E-state index contributed by atoms with van der Waals surface area (Å²) in [7, 11) is 0. The number of rotatable bonds is 4. The van der Waals surface area contributed by atoms with Gasteiger partial charge in [-0.1, -0.05) is 48.5 Å². The van der Waals surface area contributed by atoms with Gasteiger partial charge in [0, 0.05) is 71.2 Å². The van der Waals surface area contributed by atoms with Gasteiger partial charge in [-0.3, -0.25) is 19.6 Å². The van der Waals surface area contributed by atoms with Crippen LogP contribution >= 0.6 is 23.2 Å². The van der Waals surface area contributed by atoms with E-state index in [4.69, 9.17) is 32.7 Å². The maximum absolute atomic E-state index is 14.4. The first-order valence-electron chi connectivity index (χ1n) is 19.8. The maximum Gasteiger partial charge on any atom is 0.246 e. The second kappa shape index (κ2) is 16.3. The highest BCUT2D eigenvalue weighted by Gasteiger charge is 2.37. The van der Waals surface area contributed by atoms with E-state index in [9.17, 15) is 28.6 Å². The number of carbonyl (C=O) groups excluding carboxylic acids is 2. The monoisotopic (exact) mass is 878 g/mol. The molecule has 62 heavy (non-hydrogen) atoms. The van der Waals surface area contributed by atoms with Crippen molar-refractivity contribution in [2.45, 2.75) is 12.1 Å².